The van der Waals surface area contributed by atoms with Gasteiger partial charge in [-0.05, 0) is 35.9 Å². The number of unbranched alkanes of at least 4 members (excludes halogenated alkanes) is 2. The first-order valence-corrected chi connectivity index (χ1v) is 6.88. The van der Waals surface area contributed by atoms with Crippen LogP contribution in [0.15, 0.2) is 42.1 Å². The molecule has 0 aliphatic carbocycles. The van der Waals surface area contributed by atoms with Crippen molar-refractivity contribution in [2.24, 2.45) is 0 Å². The molecule has 1 heterocycles. The average Bonchev–Trinajstić information content (AvgIpc) is 2.40. The maximum absolute atomic E-state index is 3.58. The van der Waals surface area contributed by atoms with Crippen LogP contribution in [-0.4, -0.2) is 0 Å². The highest BCUT2D eigenvalue weighted by Crippen LogP contribution is 2.34. The summed E-state index contributed by atoms with van der Waals surface area (Å²) >= 11 is 0. The van der Waals surface area contributed by atoms with Crippen molar-refractivity contribution in [3.8, 4) is 0 Å². The number of allylic oxidation sites excluding steroid dienone is 1. The average molecular weight is 237 g/mol. The molecule has 0 amide bonds. The number of hydrogen-bond donors (Lipinski definition) is 1. The lowest BCUT2D eigenvalue weighted by Gasteiger charge is -2.20. The third-order valence-corrected chi connectivity index (χ3v) is 3.61. The van der Waals surface area contributed by atoms with E-state index in [0.29, 0.717) is 0 Å². The Bertz CT molecular complexity index is 590. The van der Waals surface area contributed by atoms with Gasteiger partial charge in [0.1, 0.15) is 0 Å². The molecule has 0 atom stereocenters. The number of hydrogen-bond acceptors (Lipinski definition) is 1. The fourth-order valence-electron chi connectivity index (χ4n) is 2.69. The first-order chi connectivity index (χ1) is 8.88. The van der Waals surface area contributed by atoms with Crippen molar-refractivity contribution >= 4 is 22.5 Å². The van der Waals surface area contributed by atoms with E-state index in [0.717, 1.165) is 6.42 Å². The Morgan fingerprint density at radius 2 is 1.83 bits per heavy atom. The van der Waals surface area contributed by atoms with E-state index < -0.39 is 0 Å². The molecule has 0 bridgehead atoms. The van der Waals surface area contributed by atoms with Gasteiger partial charge in [-0.3, -0.25) is 0 Å². The molecule has 18 heavy (non-hydrogen) atoms. The highest BCUT2D eigenvalue weighted by atomic mass is 14.9. The first kappa shape index (κ1) is 11.3. The van der Waals surface area contributed by atoms with Crippen molar-refractivity contribution in [2.75, 3.05) is 5.32 Å². The normalized spacial score (nSPS) is 13.3. The van der Waals surface area contributed by atoms with Gasteiger partial charge in [0.15, 0.2) is 0 Å². The molecule has 2 aromatic rings. The van der Waals surface area contributed by atoms with Gasteiger partial charge in [0, 0.05) is 16.8 Å². The molecule has 92 valence electrons. The van der Waals surface area contributed by atoms with Crippen molar-refractivity contribution < 1.29 is 0 Å². The Hall–Kier alpha value is -1.76. The second-order valence-corrected chi connectivity index (χ2v) is 5.00. The zero-order chi connectivity index (χ0) is 12.4. The third-order valence-electron chi connectivity index (χ3n) is 3.61. The summed E-state index contributed by atoms with van der Waals surface area (Å²) in [5.41, 5.74) is 3.97. The van der Waals surface area contributed by atoms with Gasteiger partial charge >= 0.3 is 0 Å². The summed E-state index contributed by atoms with van der Waals surface area (Å²) in [6.45, 7) is 2.25. The van der Waals surface area contributed by atoms with E-state index in [4.69, 9.17) is 0 Å². The minimum Gasteiger partial charge on any atom is -0.358 e. The van der Waals surface area contributed by atoms with E-state index in [2.05, 4.69) is 54.7 Å². The van der Waals surface area contributed by atoms with Gasteiger partial charge in [0.25, 0.3) is 0 Å². The molecule has 0 spiro atoms. The zero-order valence-corrected chi connectivity index (χ0v) is 10.9. The van der Waals surface area contributed by atoms with E-state index in [1.807, 2.05) is 0 Å². The summed E-state index contributed by atoms with van der Waals surface area (Å²) in [5.74, 6) is 0. The number of nitrogens with one attached hydrogen (secondary N) is 1. The summed E-state index contributed by atoms with van der Waals surface area (Å²) in [6, 6.07) is 13.0. The molecule has 0 aromatic heterocycles. The molecule has 1 aliphatic heterocycles. The van der Waals surface area contributed by atoms with Crippen LogP contribution < -0.4 is 5.32 Å². The predicted octanol–water partition coefficient (Wildman–Crippen LogP) is 5.19. The standard InChI is InChI=1S/C17H19N/c1-2-3-4-10-15-12-14-9-5-7-13-8-6-11-16(18-15)17(13)14/h5-9,11-12,18H,2-4,10H2,1H3. The second-order valence-electron chi connectivity index (χ2n) is 5.00. The smallest absolute Gasteiger partial charge is 0.0467 e. The molecule has 1 N–H and O–H groups in total. The topological polar surface area (TPSA) is 12.0 Å². The van der Waals surface area contributed by atoms with Crippen molar-refractivity contribution in [3.63, 3.8) is 0 Å². The van der Waals surface area contributed by atoms with Gasteiger partial charge in [-0.15, -0.1) is 0 Å². The molecule has 0 unspecified atom stereocenters. The molecular weight excluding hydrogens is 218 g/mol. The van der Waals surface area contributed by atoms with Crippen LogP contribution in [0.3, 0.4) is 0 Å². The van der Waals surface area contributed by atoms with Crippen LogP contribution in [0.4, 0.5) is 5.69 Å². The first-order valence-electron chi connectivity index (χ1n) is 6.88. The van der Waals surface area contributed by atoms with E-state index in [9.17, 15) is 0 Å². The molecule has 3 rings (SSSR count). The van der Waals surface area contributed by atoms with Gasteiger partial charge in [0.05, 0.1) is 0 Å². The lowest BCUT2D eigenvalue weighted by Crippen LogP contribution is -2.05. The molecule has 0 saturated heterocycles. The van der Waals surface area contributed by atoms with Crippen LogP contribution in [-0.2, 0) is 0 Å². The Kier molecular flexibility index (Phi) is 3.06. The summed E-state index contributed by atoms with van der Waals surface area (Å²) < 4.78 is 0. The minimum atomic E-state index is 1.15. The number of rotatable bonds is 4. The van der Waals surface area contributed by atoms with Crippen molar-refractivity contribution in [3.05, 3.63) is 47.7 Å². The summed E-state index contributed by atoms with van der Waals surface area (Å²) in [7, 11) is 0. The molecule has 0 fully saturated rings. The molecule has 1 heteroatoms. The van der Waals surface area contributed by atoms with Crippen LogP contribution in [0.1, 0.15) is 38.2 Å². The van der Waals surface area contributed by atoms with Crippen molar-refractivity contribution in [1.29, 1.82) is 0 Å². The van der Waals surface area contributed by atoms with E-state index >= 15 is 0 Å². The zero-order valence-electron chi connectivity index (χ0n) is 10.9. The Balaban J connectivity index is 1.96. The number of anilines is 1. The van der Waals surface area contributed by atoms with Crippen LogP contribution in [0.5, 0.6) is 0 Å². The van der Waals surface area contributed by atoms with Crippen LogP contribution in [0.25, 0.3) is 16.8 Å². The maximum atomic E-state index is 3.58. The largest absolute Gasteiger partial charge is 0.358 e. The minimum absolute atomic E-state index is 1.15. The fraction of sp³-hybridized carbons (Fsp3) is 0.294. The van der Waals surface area contributed by atoms with Crippen molar-refractivity contribution in [1.82, 2.24) is 0 Å². The molecule has 0 saturated carbocycles. The summed E-state index contributed by atoms with van der Waals surface area (Å²) in [4.78, 5) is 0. The van der Waals surface area contributed by atoms with E-state index in [-0.39, 0.29) is 0 Å². The fourth-order valence-corrected chi connectivity index (χ4v) is 2.69. The van der Waals surface area contributed by atoms with Crippen LogP contribution in [0.2, 0.25) is 0 Å². The summed E-state index contributed by atoms with van der Waals surface area (Å²) in [6.07, 6.45) is 7.32. The van der Waals surface area contributed by atoms with Crippen LogP contribution in [0, 0.1) is 0 Å². The highest BCUT2D eigenvalue weighted by molar-refractivity contribution is 6.03. The second kappa shape index (κ2) is 4.85. The van der Waals surface area contributed by atoms with E-state index in [1.54, 1.807) is 0 Å². The lowest BCUT2D eigenvalue weighted by molar-refractivity contribution is 0.716. The van der Waals surface area contributed by atoms with Gasteiger partial charge in [-0.2, -0.15) is 0 Å². The Morgan fingerprint density at radius 3 is 2.67 bits per heavy atom. The Morgan fingerprint density at radius 1 is 1.00 bits per heavy atom. The SMILES string of the molecule is CCCCCC1=Cc2cccc3cccc(c23)N1. The highest BCUT2D eigenvalue weighted by Gasteiger charge is 2.11. The van der Waals surface area contributed by atoms with E-state index in [1.165, 1.54) is 47.0 Å². The predicted molar refractivity (Wildman–Crippen MR) is 79.7 cm³/mol. The van der Waals surface area contributed by atoms with Crippen molar-refractivity contribution in [2.45, 2.75) is 32.6 Å². The molecule has 0 radical (unpaired) electrons. The molecule has 1 aliphatic rings. The number of benzene rings is 2. The summed E-state index contributed by atoms with van der Waals surface area (Å²) in [5, 5.41) is 6.26. The van der Waals surface area contributed by atoms with Gasteiger partial charge in [-0.25, -0.2) is 0 Å². The maximum Gasteiger partial charge on any atom is 0.0467 e. The monoisotopic (exact) mass is 237 g/mol. The molecule has 2 aromatic carbocycles. The van der Waals surface area contributed by atoms with Gasteiger partial charge < -0.3 is 5.32 Å². The third kappa shape index (κ3) is 2.01. The Labute approximate surface area is 109 Å². The van der Waals surface area contributed by atoms with Gasteiger partial charge in [0.2, 0.25) is 0 Å². The van der Waals surface area contributed by atoms with Crippen LogP contribution >= 0.6 is 0 Å². The quantitative estimate of drug-likeness (QED) is 0.722. The molecule has 1 nitrogen and oxygen atoms in total. The lowest BCUT2D eigenvalue weighted by atomic mass is 9.97. The van der Waals surface area contributed by atoms with Gasteiger partial charge in [-0.1, -0.05) is 50.1 Å². The molecular formula is C17H19N.